The highest BCUT2D eigenvalue weighted by molar-refractivity contribution is 6.32. The Bertz CT molecular complexity index is 1570. The lowest BCUT2D eigenvalue weighted by atomic mass is 10.0. The number of aromatic nitrogens is 2. The van der Waals surface area contributed by atoms with Gasteiger partial charge in [0.2, 0.25) is 11.7 Å². The van der Waals surface area contributed by atoms with E-state index in [1.165, 1.54) is 41.6 Å². The molecule has 0 unspecified atom stereocenters. The van der Waals surface area contributed by atoms with Gasteiger partial charge in [-0.3, -0.25) is 14.5 Å². The average Bonchev–Trinajstić information content (AvgIpc) is 2.99. The minimum atomic E-state index is -4.67. The Labute approximate surface area is 249 Å². The summed E-state index contributed by atoms with van der Waals surface area (Å²) in [7, 11) is 0. The molecule has 3 heterocycles. The summed E-state index contributed by atoms with van der Waals surface area (Å²) >= 11 is 6.28. The van der Waals surface area contributed by atoms with Crippen molar-refractivity contribution < 1.29 is 32.2 Å². The van der Waals surface area contributed by atoms with Crippen LogP contribution in [0.1, 0.15) is 27.9 Å². The Kier molecular flexibility index (Phi) is 8.84. The van der Waals surface area contributed by atoms with E-state index in [0.717, 1.165) is 6.07 Å². The van der Waals surface area contributed by atoms with Gasteiger partial charge in [-0.1, -0.05) is 17.7 Å². The molecule has 224 valence electrons. The van der Waals surface area contributed by atoms with Gasteiger partial charge in [-0.25, -0.2) is 4.98 Å². The number of carbonyl (C=O) groups is 2. The second-order valence-corrected chi connectivity index (χ2v) is 10.1. The summed E-state index contributed by atoms with van der Waals surface area (Å²) in [4.78, 5) is 36.5. The highest BCUT2D eigenvalue weighted by Crippen LogP contribution is 2.39. The van der Waals surface area contributed by atoms with E-state index in [0.29, 0.717) is 45.1 Å². The third-order valence-corrected chi connectivity index (χ3v) is 7.15. The Morgan fingerprint density at radius 3 is 2.67 bits per heavy atom. The minimum absolute atomic E-state index is 0.00715. The molecule has 15 heteroatoms. The second-order valence-electron chi connectivity index (χ2n) is 9.69. The summed E-state index contributed by atoms with van der Waals surface area (Å²) in [5.41, 5.74) is -0.803. The fourth-order valence-electron chi connectivity index (χ4n) is 4.67. The van der Waals surface area contributed by atoms with Crippen molar-refractivity contribution in [3.8, 4) is 23.4 Å². The zero-order valence-corrected chi connectivity index (χ0v) is 23.3. The Hall–Kier alpha value is -4.61. The van der Waals surface area contributed by atoms with Gasteiger partial charge in [0.25, 0.3) is 11.8 Å². The number of ether oxygens (including phenoxy) is 2. The number of nitriles is 1. The molecule has 0 aliphatic carbocycles. The predicted octanol–water partition coefficient (Wildman–Crippen LogP) is 4.56. The molecule has 1 saturated heterocycles. The van der Waals surface area contributed by atoms with Crippen molar-refractivity contribution >= 4 is 34.9 Å². The number of piperazine rings is 1. The molecule has 1 aromatic heterocycles. The number of halogens is 4. The van der Waals surface area contributed by atoms with Gasteiger partial charge in [-0.15, -0.1) is 0 Å². The maximum Gasteiger partial charge on any atom is 0.416 e. The van der Waals surface area contributed by atoms with Crippen molar-refractivity contribution in [2.75, 3.05) is 50.0 Å². The molecule has 0 bridgehead atoms. The van der Waals surface area contributed by atoms with Crippen LogP contribution in [0.2, 0.25) is 5.02 Å². The first kappa shape index (κ1) is 29.9. The number of hydrogen-bond acceptors (Lipinski definition) is 9. The fourth-order valence-corrected chi connectivity index (χ4v) is 4.83. The highest BCUT2D eigenvalue weighted by atomic mass is 35.5. The molecule has 0 saturated carbocycles. The topological polar surface area (TPSA) is 133 Å². The summed E-state index contributed by atoms with van der Waals surface area (Å²) < 4.78 is 53.5. The molecule has 0 atom stereocenters. The van der Waals surface area contributed by atoms with Crippen LogP contribution in [0, 0.1) is 11.3 Å². The number of fused-ring (bicyclic) bond motifs is 1. The van der Waals surface area contributed by atoms with E-state index in [1.807, 2.05) is 11.0 Å². The van der Waals surface area contributed by atoms with Crippen LogP contribution in [0.25, 0.3) is 0 Å². The largest absolute Gasteiger partial charge is 0.483 e. The summed E-state index contributed by atoms with van der Waals surface area (Å²) in [6.45, 7) is 2.32. The zero-order valence-electron chi connectivity index (χ0n) is 22.6. The zero-order chi connectivity index (χ0) is 30.6. The first-order chi connectivity index (χ1) is 20.6. The number of nitrogens with zero attached hydrogens (tertiary/aromatic N) is 5. The van der Waals surface area contributed by atoms with Gasteiger partial charge >= 0.3 is 6.18 Å². The van der Waals surface area contributed by atoms with Crippen LogP contribution < -0.4 is 20.1 Å². The smallest absolute Gasteiger partial charge is 0.416 e. The predicted molar refractivity (Wildman–Crippen MR) is 149 cm³/mol. The molecular formula is C28H25ClF3N7O4. The van der Waals surface area contributed by atoms with Crippen molar-refractivity contribution in [1.82, 2.24) is 19.8 Å². The molecule has 2 aliphatic rings. The van der Waals surface area contributed by atoms with Crippen molar-refractivity contribution in [2.45, 2.75) is 19.1 Å². The SMILES string of the molecule is N#CCC(=O)N1CCN(Cc2ccc(NC(=O)c3ccc(Cl)c(Oc4ncnc5c4OCCN5)c3)cc2C(F)(F)F)CC1. The van der Waals surface area contributed by atoms with Gasteiger partial charge in [0.15, 0.2) is 5.82 Å². The van der Waals surface area contributed by atoms with Gasteiger partial charge in [0.05, 0.1) is 23.2 Å². The Balaban J connectivity index is 1.29. The maximum absolute atomic E-state index is 14.0. The molecule has 0 radical (unpaired) electrons. The maximum atomic E-state index is 14.0. The Morgan fingerprint density at radius 2 is 1.93 bits per heavy atom. The lowest BCUT2D eigenvalue weighted by Crippen LogP contribution is -2.48. The second kappa shape index (κ2) is 12.7. The molecule has 3 aromatic rings. The van der Waals surface area contributed by atoms with E-state index in [9.17, 15) is 22.8 Å². The number of hydrogen-bond donors (Lipinski definition) is 2. The highest BCUT2D eigenvalue weighted by Gasteiger charge is 2.34. The quantitative estimate of drug-likeness (QED) is 0.393. The van der Waals surface area contributed by atoms with E-state index < -0.39 is 17.6 Å². The molecule has 2 amide bonds. The van der Waals surface area contributed by atoms with Gasteiger partial charge in [0.1, 0.15) is 25.1 Å². The lowest BCUT2D eigenvalue weighted by molar-refractivity contribution is -0.138. The van der Waals surface area contributed by atoms with Gasteiger partial charge in [0, 0.05) is 44.0 Å². The van der Waals surface area contributed by atoms with E-state index >= 15 is 0 Å². The molecule has 2 N–H and O–H groups in total. The monoisotopic (exact) mass is 615 g/mol. The number of carbonyl (C=O) groups excluding carboxylic acids is 2. The van der Waals surface area contributed by atoms with Gasteiger partial charge in [-0.05, 0) is 35.9 Å². The third-order valence-electron chi connectivity index (χ3n) is 6.83. The van der Waals surface area contributed by atoms with Crippen molar-refractivity contribution in [3.63, 3.8) is 0 Å². The van der Waals surface area contributed by atoms with Crippen molar-refractivity contribution in [1.29, 1.82) is 5.26 Å². The number of amides is 2. The lowest BCUT2D eigenvalue weighted by Gasteiger charge is -2.34. The van der Waals surface area contributed by atoms with Gasteiger partial charge in [-0.2, -0.15) is 23.4 Å². The molecule has 1 fully saturated rings. The van der Waals surface area contributed by atoms with Crippen LogP contribution >= 0.6 is 11.6 Å². The summed E-state index contributed by atoms with van der Waals surface area (Å²) in [6.07, 6.45) is -3.62. The standard InChI is InChI=1S/C28H25ClF3N7O4/c29-21-4-2-17(13-22(21)43-27-24-25(35-16-36-27)34-7-12-42-24)26(41)37-19-3-1-18(20(14-19)28(30,31)32)15-38-8-10-39(11-9-38)23(40)5-6-33/h1-4,13-14,16H,5,7-12,15H2,(H,37,41)(H,34,35,36). The first-order valence-corrected chi connectivity index (χ1v) is 13.6. The van der Waals surface area contributed by atoms with E-state index in [-0.39, 0.29) is 58.1 Å². The number of rotatable bonds is 7. The summed E-state index contributed by atoms with van der Waals surface area (Å²) in [6, 6.07) is 9.63. The number of benzene rings is 2. The van der Waals surface area contributed by atoms with Crippen molar-refractivity contribution in [3.05, 3.63) is 64.4 Å². The van der Waals surface area contributed by atoms with Crippen LogP contribution in [0.15, 0.2) is 42.7 Å². The van der Waals surface area contributed by atoms with Crippen LogP contribution in [0.4, 0.5) is 24.7 Å². The number of nitrogens with one attached hydrogen (secondary N) is 2. The van der Waals surface area contributed by atoms with E-state index in [2.05, 4.69) is 20.6 Å². The van der Waals surface area contributed by atoms with E-state index in [4.69, 9.17) is 26.3 Å². The van der Waals surface area contributed by atoms with Crippen LogP contribution in [0.3, 0.4) is 0 Å². The van der Waals surface area contributed by atoms with E-state index in [1.54, 1.807) is 0 Å². The normalized spacial score (nSPS) is 15.0. The van der Waals surface area contributed by atoms with Gasteiger partial charge < -0.3 is 25.0 Å². The summed E-state index contributed by atoms with van der Waals surface area (Å²) in [5, 5.41) is 14.4. The number of anilines is 2. The summed E-state index contributed by atoms with van der Waals surface area (Å²) in [5.74, 6) is -0.0746. The van der Waals surface area contributed by atoms with Crippen LogP contribution in [-0.2, 0) is 17.5 Å². The number of alkyl halides is 3. The molecule has 0 spiro atoms. The third kappa shape index (κ3) is 7.07. The van der Waals surface area contributed by atoms with Crippen molar-refractivity contribution in [2.24, 2.45) is 0 Å². The first-order valence-electron chi connectivity index (χ1n) is 13.2. The molecule has 11 nitrogen and oxygen atoms in total. The van der Waals surface area contributed by atoms with Crippen LogP contribution in [0.5, 0.6) is 17.4 Å². The Morgan fingerprint density at radius 1 is 1.14 bits per heavy atom. The molecular weight excluding hydrogens is 591 g/mol. The molecule has 2 aromatic carbocycles. The molecule has 5 rings (SSSR count). The molecule has 2 aliphatic heterocycles. The average molecular weight is 616 g/mol. The fraction of sp³-hybridized carbons (Fsp3) is 0.321. The van der Waals surface area contributed by atoms with Crippen LogP contribution in [-0.4, -0.2) is 70.9 Å². The molecule has 43 heavy (non-hydrogen) atoms. The minimum Gasteiger partial charge on any atom is -0.483 e.